The molecule has 0 amide bonds. The minimum absolute atomic E-state index is 0.218. The third-order valence-electron chi connectivity index (χ3n) is 12.8. The van der Waals surface area contributed by atoms with E-state index in [0.717, 1.165) is 41.4 Å². The number of carbonyl (C=O) groups is 2. The first-order valence-corrected chi connectivity index (χ1v) is 19.3. The molecule has 5 heteroatoms. The number of esters is 1. The molecule has 4 aliphatic rings. The van der Waals surface area contributed by atoms with Crippen LogP contribution in [-0.4, -0.2) is 44.3 Å². The quantitative estimate of drug-likeness (QED) is 0.0833. The van der Waals surface area contributed by atoms with Gasteiger partial charge in [0.2, 0.25) is 0 Å². The number of unbranched alkanes of at least 4 members (excludes halogenated alkanes) is 2. The summed E-state index contributed by atoms with van der Waals surface area (Å²) in [5.74, 6) is 7.81. The standard InChI is InChI=1S/C37H64O3.C4H6O2/c1-5-6-7-8-28-9-11-29(12-10-28)30-13-15-31(16-14-30)32-17-19-33(20-18-32)34-21-23-35(24-22-34)36(25-39-4)26-40-37(38)27(2)3;1-4(2-5)3-6/h28-36H,2,5-26H2,1,3-4H3;2,6H,1,3H2. The summed E-state index contributed by atoms with van der Waals surface area (Å²) in [5, 5.41) is 8.00. The SMILES string of the molecule is C=C(C)C(=O)OCC(COC)C1CCC(C2CCC(C3CCC(C4CCC(CCCCC)CC4)CC3)CC2)CC1.C=C(C=O)CO. The van der Waals surface area contributed by atoms with Crippen molar-refractivity contribution >= 4 is 12.3 Å². The number of aliphatic hydroxyl groups is 1. The Morgan fingerprint density at radius 3 is 1.52 bits per heavy atom. The van der Waals surface area contributed by atoms with Gasteiger partial charge in [0.15, 0.2) is 0 Å². The van der Waals surface area contributed by atoms with Crippen LogP contribution in [0.3, 0.4) is 0 Å². The largest absolute Gasteiger partial charge is 0.462 e. The van der Waals surface area contributed by atoms with Crippen molar-refractivity contribution in [1.29, 1.82) is 0 Å². The van der Waals surface area contributed by atoms with Gasteiger partial charge in [0.1, 0.15) is 6.29 Å². The smallest absolute Gasteiger partial charge is 0.333 e. The van der Waals surface area contributed by atoms with Gasteiger partial charge in [-0.15, -0.1) is 0 Å². The molecule has 0 aliphatic heterocycles. The van der Waals surface area contributed by atoms with Crippen molar-refractivity contribution in [3.63, 3.8) is 0 Å². The normalized spacial score (nSPS) is 32.3. The second-order valence-corrected chi connectivity index (χ2v) is 15.8. The van der Waals surface area contributed by atoms with Crippen LogP contribution in [0.2, 0.25) is 0 Å². The van der Waals surface area contributed by atoms with Gasteiger partial charge in [-0.1, -0.05) is 58.6 Å². The Morgan fingerprint density at radius 2 is 1.17 bits per heavy atom. The van der Waals surface area contributed by atoms with E-state index in [4.69, 9.17) is 14.6 Å². The molecule has 0 aromatic carbocycles. The maximum atomic E-state index is 11.9. The molecular formula is C41H70O5. The van der Waals surface area contributed by atoms with Crippen LogP contribution in [0.5, 0.6) is 0 Å². The van der Waals surface area contributed by atoms with E-state index < -0.39 is 0 Å². The lowest BCUT2D eigenvalue weighted by Crippen LogP contribution is -2.33. The van der Waals surface area contributed by atoms with Crippen molar-refractivity contribution < 1.29 is 24.2 Å². The number of rotatable bonds is 15. The summed E-state index contributed by atoms with van der Waals surface area (Å²) in [6.45, 7) is 11.9. The fraction of sp³-hybridized carbons (Fsp3) is 0.854. The lowest BCUT2D eigenvalue weighted by molar-refractivity contribution is -0.141. The van der Waals surface area contributed by atoms with E-state index in [-0.39, 0.29) is 18.1 Å². The number of hydrogen-bond acceptors (Lipinski definition) is 5. The Balaban J connectivity index is 0.000000875. The Morgan fingerprint density at radius 1 is 0.739 bits per heavy atom. The number of ether oxygens (including phenoxy) is 2. The van der Waals surface area contributed by atoms with E-state index in [1.807, 2.05) is 0 Å². The van der Waals surface area contributed by atoms with Crippen LogP contribution in [0.25, 0.3) is 0 Å². The van der Waals surface area contributed by atoms with Crippen molar-refractivity contribution in [2.45, 2.75) is 142 Å². The van der Waals surface area contributed by atoms with Crippen LogP contribution < -0.4 is 0 Å². The van der Waals surface area contributed by atoms with Gasteiger partial charge in [0.05, 0.1) is 19.8 Å². The molecule has 4 rings (SSSR count). The molecule has 1 N–H and O–H groups in total. The second kappa shape index (κ2) is 21.5. The first kappa shape index (κ1) is 39.0. The molecule has 0 aromatic heterocycles. The summed E-state index contributed by atoms with van der Waals surface area (Å²) >= 11 is 0. The molecule has 4 fully saturated rings. The fourth-order valence-electron chi connectivity index (χ4n) is 9.77. The van der Waals surface area contributed by atoms with Gasteiger partial charge in [-0.05, 0) is 144 Å². The minimum atomic E-state index is -0.264. The number of carbonyl (C=O) groups excluding carboxylic acids is 2. The Bertz CT molecular complexity index is 881. The van der Waals surface area contributed by atoms with Crippen molar-refractivity contribution in [3.05, 3.63) is 24.3 Å². The van der Waals surface area contributed by atoms with Crippen molar-refractivity contribution in [3.8, 4) is 0 Å². The molecule has 0 heterocycles. The predicted molar refractivity (Wildman–Crippen MR) is 189 cm³/mol. The molecule has 0 spiro atoms. The summed E-state index contributed by atoms with van der Waals surface area (Å²) in [5.41, 5.74) is 0.703. The molecule has 0 radical (unpaired) electrons. The van der Waals surface area contributed by atoms with Gasteiger partial charge < -0.3 is 14.6 Å². The Hall–Kier alpha value is -1.46. The zero-order valence-electron chi connectivity index (χ0n) is 30.0. The first-order chi connectivity index (χ1) is 22.3. The zero-order valence-corrected chi connectivity index (χ0v) is 30.0. The van der Waals surface area contributed by atoms with Gasteiger partial charge in [0, 0.05) is 24.2 Å². The molecule has 0 bridgehead atoms. The van der Waals surface area contributed by atoms with Gasteiger partial charge in [-0.2, -0.15) is 0 Å². The number of aliphatic hydroxyl groups excluding tert-OH is 1. The highest BCUT2D eigenvalue weighted by Gasteiger charge is 2.37. The highest BCUT2D eigenvalue weighted by Crippen LogP contribution is 2.49. The van der Waals surface area contributed by atoms with Crippen LogP contribution in [0.1, 0.15) is 142 Å². The summed E-state index contributed by atoms with van der Waals surface area (Å²) in [6.07, 6.45) is 29.9. The zero-order chi connectivity index (χ0) is 33.3. The van der Waals surface area contributed by atoms with Crippen LogP contribution in [-0.2, 0) is 19.1 Å². The van der Waals surface area contributed by atoms with Gasteiger partial charge in [0.25, 0.3) is 0 Å². The van der Waals surface area contributed by atoms with Gasteiger partial charge in [-0.25, -0.2) is 4.79 Å². The summed E-state index contributed by atoms with van der Waals surface area (Å²) in [6, 6.07) is 0. The number of aldehydes is 1. The topological polar surface area (TPSA) is 72.8 Å². The molecule has 4 saturated carbocycles. The third kappa shape index (κ3) is 12.9. The van der Waals surface area contributed by atoms with E-state index in [1.54, 1.807) is 52.6 Å². The van der Waals surface area contributed by atoms with Gasteiger partial charge >= 0.3 is 5.97 Å². The van der Waals surface area contributed by atoms with Crippen molar-refractivity contribution in [2.24, 2.45) is 53.3 Å². The van der Waals surface area contributed by atoms with Crippen LogP contribution in [0.4, 0.5) is 0 Å². The van der Waals surface area contributed by atoms with Crippen LogP contribution >= 0.6 is 0 Å². The Kier molecular flexibility index (Phi) is 18.2. The molecule has 0 aromatic rings. The molecule has 264 valence electrons. The third-order valence-corrected chi connectivity index (χ3v) is 12.8. The highest BCUT2D eigenvalue weighted by molar-refractivity contribution is 5.86. The van der Waals surface area contributed by atoms with Gasteiger partial charge in [-0.3, -0.25) is 4.79 Å². The molecule has 46 heavy (non-hydrogen) atoms. The van der Waals surface area contributed by atoms with E-state index in [2.05, 4.69) is 20.1 Å². The van der Waals surface area contributed by atoms with Crippen molar-refractivity contribution in [2.75, 3.05) is 26.9 Å². The second-order valence-electron chi connectivity index (χ2n) is 15.8. The maximum absolute atomic E-state index is 11.9. The molecule has 0 saturated heterocycles. The monoisotopic (exact) mass is 643 g/mol. The molecule has 5 nitrogen and oxygen atoms in total. The van der Waals surface area contributed by atoms with Crippen LogP contribution in [0.15, 0.2) is 24.3 Å². The minimum Gasteiger partial charge on any atom is -0.462 e. The molecule has 4 aliphatic carbocycles. The fourth-order valence-corrected chi connectivity index (χ4v) is 9.77. The number of methoxy groups -OCH3 is 1. The lowest BCUT2D eigenvalue weighted by atomic mass is 9.62. The summed E-state index contributed by atoms with van der Waals surface area (Å²) in [7, 11) is 1.77. The maximum Gasteiger partial charge on any atom is 0.333 e. The van der Waals surface area contributed by atoms with Crippen LogP contribution in [0, 0.1) is 53.3 Å². The Labute approximate surface area is 282 Å². The highest BCUT2D eigenvalue weighted by atomic mass is 16.5. The lowest BCUT2D eigenvalue weighted by Gasteiger charge is -2.43. The van der Waals surface area contributed by atoms with Crippen molar-refractivity contribution in [1.82, 2.24) is 0 Å². The molecule has 1 atom stereocenters. The average Bonchev–Trinajstić information content (AvgIpc) is 3.10. The van der Waals surface area contributed by atoms with E-state index in [0.29, 0.717) is 36.9 Å². The molecule has 1 unspecified atom stereocenters. The summed E-state index contributed by atoms with van der Waals surface area (Å²) in [4.78, 5) is 21.4. The van der Waals surface area contributed by atoms with E-state index in [1.165, 1.54) is 89.9 Å². The average molecular weight is 643 g/mol. The first-order valence-electron chi connectivity index (χ1n) is 19.3. The summed E-state index contributed by atoms with van der Waals surface area (Å²) < 4.78 is 11.0. The van der Waals surface area contributed by atoms with E-state index in [9.17, 15) is 9.59 Å². The number of hydrogen-bond donors (Lipinski definition) is 1. The predicted octanol–water partition coefficient (Wildman–Crippen LogP) is 9.91. The molecular weight excluding hydrogens is 572 g/mol. The van der Waals surface area contributed by atoms with E-state index >= 15 is 0 Å².